The Balaban J connectivity index is 2.13. The predicted molar refractivity (Wildman–Crippen MR) is 54.2 cm³/mol. The molecule has 0 bridgehead atoms. The van der Waals surface area contributed by atoms with Crippen molar-refractivity contribution in [3.8, 4) is 0 Å². The van der Waals surface area contributed by atoms with Gasteiger partial charge in [0.1, 0.15) is 6.04 Å². The molecule has 2 N–H and O–H groups in total. The number of furan rings is 1. The summed E-state index contributed by atoms with van der Waals surface area (Å²) in [7, 11) is 0. The molecule has 76 valence electrons. The molecule has 0 unspecified atom stereocenters. The fourth-order valence-corrected chi connectivity index (χ4v) is 1.61. The number of fused-ring (bicyclic) bond motifs is 1. The van der Waals surface area contributed by atoms with E-state index in [9.17, 15) is 4.79 Å². The molecule has 0 saturated carbocycles. The largest absolute Gasteiger partial charge is 0.446 e. The van der Waals surface area contributed by atoms with Crippen molar-refractivity contribution in [1.29, 1.82) is 0 Å². The standard InChI is InChI=1S/C10H14N2O2/c1-6(2)5-8-9(13)12-10-7(11-8)3-4-14-10/h3-4,6,8,11H,5H2,1-2H3,(H,12,13)/t8-/m1/s1. The second-order valence-corrected chi connectivity index (χ2v) is 3.98. The highest BCUT2D eigenvalue weighted by Crippen LogP contribution is 2.28. The van der Waals surface area contributed by atoms with Crippen molar-refractivity contribution in [3.63, 3.8) is 0 Å². The van der Waals surface area contributed by atoms with Gasteiger partial charge in [-0.1, -0.05) is 13.8 Å². The first-order valence-electron chi connectivity index (χ1n) is 4.81. The molecule has 4 heteroatoms. The number of carbonyl (C=O) groups excluding carboxylic acids is 1. The molecule has 1 aliphatic rings. The topological polar surface area (TPSA) is 54.3 Å². The molecule has 0 aliphatic carbocycles. The molecule has 2 heterocycles. The van der Waals surface area contributed by atoms with E-state index >= 15 is 0 Å². The zero-order chi connectivity index (χ0) is 10.1. The van der Waals surface area contributed by atoms with Gasteiger partial charge in [-0.2, -0.15) is 0 Å². The van der Waals surface area contributed by atoms with E-state index in [1.165, 1.54) is 0 Å². The fraction of sp³-hybridized carbons (Fsp3) is 0.500. The quantitative estimate of drug-likeness (QED) is 0.757. The molecule has 0 aromatic carbocycles. The third kappa shape index (κ3) is 1.60. The Kier molecular flexibility index (Phi) is 2.19. The van der Waals surface area contributed by atoms with Gasteiger partial charge in [-0.25, -0.2) is 0 Å². The van der Waals surface area contributed by atoms with Crippen LogP contribution in [0.3, 0.4) is 0 Å². The number of amides is 1. The molecule has 0 radical (unpaired) electrons. The molecule has 2 rings (SSSR count). The van der Waals surface area contributed by atoms with Gasteiger partial charge in [0.25, 0.3) is 0 Å². The molecule has 0 saturated heterocycles. The van der Waals surface area contributed by atoms with Crippen molar-refractivity contribution in [2.45, 2.75) is 26.3 Å². The number of nitrogens with one attached hydrogen (secondary N) is 2. The van der Waals surface area contributed by atoms with Gasteiger partial charge >= 0.3 is 0 Å². The maximum absolute atomic E-state index is 11.6. The van der Waals surface area contributed by atoms with Crippen LogP contribution in [0.4, 0.5) is 11.6 Å². The van der Waals surface area contributed by atoms with E-state index in [0.29, 0.717) is 11.8 Å². The van der Waals surface area contributed by atoms with Gasteiger partial charge in [-0.05, 0) is 12.3 Å². The van der Waals surface area contributed by atoms with Gasteiger partial charge in [-0.3, -0.25) is 10.1 Å². The minimum absolute atomic E-state index is 0.0128. The number of anilines is 2. The Morgan fingerprint density at radius 1 is 1.57 bits per heavy atom. The summed E-state index contributed by atoms with van der Waals surface area (Å²) in [6, 6.07) is 1.68. The van der Waals surface area contributed by atoms with Crippen LogP contribution in [0.25, 0.3) is 0 Å². The Hall–Kier alpha value is -1.45. The normalized spacial score (nSPS) is 20.2. The van der Waals surface area contributed by atoms with Crippen molar-refractivity contribution < 1.29 is 9.21 Å². The molecule has 0 spiro atoms. The van der Waals surface area contributed by atoms with Crippen LogP contribution in [0.1, 0.15) is 20.3 Å². The molecule has 0 fully saturated rings. The highest BCUT2D eigenvalue weighted by molar-refractivity contribution is 6.01. The van der Waals surface area contributed by atoms with Gasteiger partial charge in [0.05, 0.1) is 12.0 Å². The first-order valence-corrected chi connectivity index (χ1v) is 4.81. The Labute approximate surface area is 82.7 Å². The van der Waals surface area contributed by atoms with Crippen LogP contribution in [0, 0.1) is 5.92 Å². The van der Waals surface area contributed by atoms with Crippen LogP contribution < -0.4 is 10.6 Å². The van der Waals surface area contributed by atoms with E-state index in [4.69, 9.17) is 4.42 Å². The number of hydrogen-bond donors (Lipinski definition) is 2. The van der Waals surface area contributed by atoms with Crippen molar-refractivity contribution in [1.82, 2.24) is 0 Å². The Morgan fingerprint density at radius 2 is 2.36 bits per heavy atom. The van der Waals surface area contributed by atoms with Gasteiger partial charge in [0.15, 0.2) is 0 Å². The lowest BCUT2D eigenvalue weighted by molar-refractivity contribution is -0.117. The minimum Gasteiger partial charge on any atom is -0.446 e. The number of hydrogen-bond acceptors (Lipinski definition) is 3. The monoisotopic (exact) mass is 194 g/mol. The smallest absolute Gasteiger partial charge is 0.249 e. The minimum atomic E-state index is -0.139. The van der Waals surface area contributed by atoms with Gasteiger partial charge in [0, 0.05) is 6.07 Å². The number of carbonyl (C=O) groups is 1. The second kappa shape index (κ2) is 3.36. The van der Waals surface area contributed by atoms with E-state index in [-0.39, 0.29) is 11.9 Å². The van der Waals surface area contributed by atoms with Crippen molar-refractivity contribution >= 4 is 17.5 Å². The third-order valence-corrected chi connectivity index (χ3v) is 2.26. The molecule has 1 aliphatic heterocycles. The van der Waals surface area contributed by atoms with E-state index in [2.05, 4.69) is 24.5 Å². The summed E-state index contributed by atoms with van der Waals surface area (Å²) < 4.78 is 5.09. The lowest BCUT2D eigenvalue weighted by atomic mass is 10.0. The second-order valence-electron chi connectivity index (χ2n) is 3.98. The highest BCUT2D eigenvalue weighted by Gasteiger charge is 2.27. The molecule has 1 aromatic heterocycles. The first-order chi connectivity index (χ1) is 6.66. The van der Waals surface area contributed by atoms with Crippen molar-refractivity contribution in [2.75, 3.05) is 10.6 Å². The van der Waals surface area contributed by atoms with E-state index in [1.807, 2.05) is 6.07 Å². The van der Waals surface area contributed by atoms with Crippen LogP contribution in [-0.2, 0) is 4.79 Å². The molecular formula is C10H14N2O2. The van der Waals surface area contributed by atoms with Crippen LogP contribution >= 0.6 is 0 Å². The summed E-state index contributed by atoms with van der Waals surface area (Å²) in [6.07, 6.45) is 2.39. The van der Waals surface area contributed by atoms with Crippen molar-refractivity contribution in [2.24, 2.45) is 5.92 Å². The van der Waals surface area contributed by atoms with Gasteiger partial charge < -0.3 is 9.73 Å². The summed E-state index contributed by atoms with van der Waals surface area (Å²) in [4.78, 5) is 11.6. The molecule has 1 amide bonds. The zero-order valence-electron chi connectivity index (χ0n) is 8.33. The number of rotatable bonds is 2. The maximum Gasteiger partial charge on any atom is 0.249 e. The van der Waals surface area contributed by atoms with E-state index < -0.39 is 0 Å². The Bertz CT molecular complexity index is 344. The third-order valence-electron chi connectivity index (χ3n) is 2.26. The average molecular weight is 194 g/mol. The fourth-order valence-electron chi connectivity index (χ4n) is 1.61. The highest BCUT2D eigenvalue weighted by atomic mass is 16.3. The first kappa shape index (κ1) is 9.12. The van der Waals surface area contributed by atoms with Gasteiger partial charge in [0.2, 0.25) is 11.8 Å². The van der Waals surface area contributed by atoms with Crippen LogP contribution in [0.5, 0.6) is 0 Å². The summed E-state index contributed by atoms with van der Waals surface area (Å²) in [6.45, 7) is 4.19. The van der Waals surface area contributed by atoms with Crippen molar-refractivity contribution in [3.05, 3.63) is 12.3 Å². The van der Waals surface area contributed by atoms with Crippen LogP contribution in [0.15, 0.2) is 16.7 Å². The average Bonchev–Trinajstić information content (AvgIpc) is 2.51. The SMILES string of the molecule is CC(C)C[C@H]1Nc2ccoc2NC1=O. The van der Waals surface area contributed by atoms with E-state index in [1.54, 1.807) is 6.26 Å². The molecule has 4 nitrogen and oxygen atoms in total. The summed E-state index contributed by atoms with van der Waals surface area (Å²) in [5.74, 6) is 1.00. The van der Waals surface area contributed by atoms with E-state index in [0.717, 1.165) is 12.1 Å². The Morgan fingerprint density at radius 3 is 3.07 bits per heavy atom. The summed E-state index contributed by atoms with van der Waals surface area (Å²) in [5.41, 5.74) is 0.871. The van der Waals surface area contributed by atoms with Crippen LogP contribution in [-0.4, -0.2) is 11.9 Å². The molecule has 1 atom stereocenters. The maximum atomic E-state index is 11.6. The lowest BCUT2D eigenvalue weighted by Crippen LogP contribution is -2.39. The molecular weight excluding hydrogens is 180 g/mol. The van der Waals surface area contributed by atoms with Crippen LogP contribution in [0.2, 0.25) is 0 Å². The molecule has 1 aromatic rings. The summed E-state index contributed by atoms with van der Waals surface area (Å²) in [5, 5.41) is 5.88. The summed E-state index contributed by atoms with van der Waals surface area (Å²) >= 11 is 0. The molecule has 14 heavy (non-hydrogen) atoms. The zero-order valence-corrected chi connectivity index (χ0v) is 8.33. The predicted octanol–water partition coefficient (Wildman–Crippen LogP) is 2.06. The van der Waals surface area contributed by atoms with Gasteiger partial charge in [-0.15, -0.1) is 0 Å². The lowest BCUT2D eigenvalue weighted by Gasteiger charge is -2.24.